The Hall–Kier alpha value is -1.39. The molecular formula is C9H12N2O3. The molecule has 5 heteroatoms. The highest BCUT2D eigenvalue weighted by Gasteiger charge is 2.44. The highest BCUT2D eigenvalue weighted by molar-refractivity contribution is 6.14. The van der Waals surface area contributed by atoms with Crippen LogP contribution in [0.1, 0.15) is 26.2 Å². The maximum absolute atomic E-state index is 11.7. The molecule has 0 atom stereocenters. The molecule has 0 unspecified atom stereocenters. The maximum atomic E-state index is 11.7. The summed E-state index contributed by atoms with van der Waals surface area (Å²) in [7, 11) is 0. The topological polar surface area (TPSA) is 57.7 Å². The molecule has 1 aliphatic heterocycles. The van der Waals surface area contributed by atoms with Gasteiger partial charge in [0.25, 0.3) is 0 Å². The van der Waals surface area contributed by atoms with Crippen LogP contribution in [0.3, 0.4) is 0 Å². The number of nitrogens with zero attached hydrogens (tertiary/aromatic N) is 2. The molecule has 0 bridgehead atoms. The number of rotatable bonds is 2. The number of barbiturate groups is 1. The van der Waals surface area contributed by atoms with Gasteiger partial charge in [-0.25, -0.2) is 4.79 Å². The second-order valence-corrected chi connectivity index (χ2v) is 3.59. The van der Waals surface area contributed by atoms with Crippen LogP contribution in [0.15, 0.2) is 0 Å². The van der Waals surface area contributed by atoms with Gasteiger partial charge in [-0.05, 0) is 19.8 Å². The number of carbonyl (C=O) groups is 3. The maximum Gasteiger partial charge on any atom is 0.333 e. The molecule has 14 heavy (non-hydrogen) atoms. The van der Waals surface area contributed by atoms with Gasteiger partial charge >= 0.3 is 6.03 Å². The van der Waals surface area contributed by atoms with Crippen LogP contribution in [0.4, 0.5) is 4.79 Å². The molecule has 76 valence electrons. The molecule has 1 aliphatic carbocycles. The first-order valence-corrected chi connectivity index (χ1v) is 4.81. The number of hydrogen-bond acceptors (Lipinski definition) is 3. The van der Waals surface area contributed by atoms with Crippen molar-refractivity contribution in [2.75, 3.05) is 6.54 Å². The Morgan fingerprint density at radius 2 is 1.86 bits per heavy atom. The molecule has 4 amide bonds. The molecule has 0 spiro atoms. The van der Waals surface area contributed by atoms with Gasteiger partial charge < -0.3 is 0 Å². The van der Waals surface area contributed by atoms with Crippen molar-refractivity contribution in [3.63, 3.8) is 0 Å². The fraction of sp³-hybridized carbons (Fsp3) is 0.667. The summed E-state index contributed by atoms with van der Waals surface area (Å²) in [4.78, 5) is 36.8. The molecule has 0 aromatic heterocycles. The zero-order valence-electron chi connectivity index (χ0n) is 8.02. The first kappa shape index (κ1) is 9.18. The number of hydrogen-bond donors (Lipinski definition) is 0. The largest absolute Gasteiger partial charge is 0.333 e. The summed E-state index contributed by atoms with van der Waals surface area (Å²) in [6, 6.07) is -0.381. The third-order valence-corrected chi connectivity index (χ3v) is 2.54. The number of carbonyl (C=O) groups excluding carboxylic acids is 3. The fourth-order valence-corrected chi connectivity index (χ4v) is 1.66. The lowest BCUT2D eigenvalue weighted by molar-refractivity contribution is -0.142. The molecule has 1 saturated heterocycles. The van der Waals surface area contributed by atoms with E-state index in [2.05, 4.69) is 0 Å². The van der Waals surface area contributed by atoms with Crippen LogP contribution in [-0.4, -0.2) is 40.2 Å². The van der Waals surface area contributed by atoms with Crippen molar-refractivity contribution in [3.8, 4) is 0 Å². The van der Waals surface area contributed by atoms with Crippen molar-refractivity contribution in [3.05, 3.63) is 0 Å². The number of imide groups is 2. The van der Waals surface area contributed by atoms with E-state index < -0.39 is 6.03 Å². The van der Waals surface area contributed by atoms with Crippen molar-refractivity contribution < 1.29 is 14.4 Å². The van der Waals surface area contributed by atoms with Crippen molar-refractivity contribution in [1.82, 2.24) is 9.80 Å². The summed E-state index contributed by atoms with van der Waals surface area (Å²) in [5, 5.41) is 0. The minimum absolute atomic E-state index is 0.0529. The van der Waals surface area contributed by atoms with Gasteiger partial charge in [0, 0.05) is 12.6 Å². The van der Waals surface area contributed by atoms with E-state index in [1.807, 2.05) is 0 Å². The summed E-state index contributed by atoms with van der Waals surface area (Å²) in [5.41, 5.74) is 0. The Morgan fingerprint density at radius 3 is 2.36 bits per heavy atom. The average molecular weight is 196 g/mol. The van der Waals surface area contributed by atoms with Gasteiger partial charge in [-0.1, -0.05) is 0 Å². The van der Waals surface area contributed by atoms with Gasteiger partial charge in [-0.15, -0.1) is 0 Å². The lowest BCUT2D eigenvalue weighted by atomic mass is 10.2. The van der Waals surface area contributed by atoms with Crippen LogP contribution >= 0.6 is 0 Å². The zero-order chi connectivity index (χ0) is 10.3. The van der Waals surface area contributed by atoms with Crippen LogP contribution in [0.25, 0.3) is 0 Å². The molecule has 1 saturated carbocycles. The second-order valence-electron chi connectivity index (χ2n) is 3.59. The Balaban J connectivity index is 2.21. The minimum atomic E-state index is -0.434. The Morgan fingerprint density at radius 1 is 1.21 bits per heavy atom. The molecule has 0 N–H and O–H groups in total. The third-order valence-electron chi connectivity index (χ3n) is 2.54. The summed E-state index contributed by atoms with van der Waals surface area (Å²) < 4.78 is 0. The highest BCUT2D eigenvalue weighted by atomic mass is 16.2. The summed E-state index contributed by atoms with van der Waals surface area (Å²) in [6.45, 7) is 2.07. The molecule has 0 aromatic rings. The Labute approximate surface area is 81.7 Å². The highest BCUT2D eigenvalue weighted by Crippen LogP contribution is 2.30. The van der Waals surface area contributed by atoms with Crippen LogP contribution in [0, 0.1) is 0 Å². The summed E-state index contributed by atoms with van der Waals surface area (Å²) in [6.07, 6.45) is 1.60. The lowest BCUT2D eigenvalue weighted by Gasteiger charge is -2.31. The Kier molecular flexibility index (Phi) is 2.02. The summed E-state index contributed by atoms with van der Waals surface area (Å²) >= 11 is 0. The smallest absolute Gasteiger partial charge is 0.274 e. The predicted octanol–water partition coefficient (Wildman–Crippen LogP) is 0.350. The fourth-order valence-electron chi connectivity index (χ4n) is 1.66. The van der Waals surface area contributed by atoms with E-state index in [4.69, 9.17) is 0 Å². The number of amides is 4. The first-order chi connectivity index (χ1) is 6.65. The van der Waals surface area contributed by atoms with Gasteiger partial charge in [-0.3, -0.25) is 19.4 Å². The van der Waals surface area contributed by atoms with E-state index in [1.165, 1.54) is 4.90 Å². The molecule has 1 heterocycles. The number of urea groups is 1. The van der Waals surface area contributed by atoms with Gasteiger partial charge in [0.15, 0.2) is 0 Å². The van der Waals surface area contributed by atoms with Gasteiger partial charge in [0.05, 0.1) is 0 Å². The normalized spacial score (nSPS) is 23.4. The molecule has 0 radical (unpaired) electrons. The van der Waals surface area contributed by atoms with Crippen molar-refractivity contribution >= 4 is 17.8 Å². The molecule has 2 fully saturated rings. The van der Waals surface area contributed by atoms with E-state index in [1.54, 1.807) is 6.92 Å². The lowest BCUT2D eigenvalue weighted by Crippen LogP contribution is -2.55. The standard InChI is InChI=1S/C9H12N2O3/c1-2-10-7(12)5-8(13)11(9(10)14)6-3-4-6/h6H,2-5H2,1H3. The predicted molar refractivity (Wildman–Crippen MR) is 47.3 cm³/mol. The van der Waals surface area contributed by atoms with Crippen molar-refractivity contribution in [2.24, 2.45) is 0 Å². The third kappa shape index (κ3) is 1.29. The zero-order valence-corrected chi connectivity index (χ0v) is 8.02. The van der Waals surface area contributed by atoms with Gasteiger partial charge in [0.2, 0.25) is 11.8 Å². The van der Waals surface area contributed by atoms with Crippen LogP contribution in [0.5, 0.6) is 0 Å². The van der Waals surface area contributed by atoms with Gasteiger partial charge in [-0.2, -0.15) is 0 Å². The monoisotopic (exact) mass is 196 g/mol. The first-order valence-electron chi connectivity index (χ1n) is 4.81. The molecule has 2 aliphatic rings. The molecule has 2 rings (SSSR count). The van der Waals surface area contributed by atoms with E-state index >= 15 is 0 Å². The SMILES string of the molecule is CCN1C(=O)CC(=O)N(C2CC2)C1=O. The van der Waals surface area contributed by atoms with Crippen molar-refractivity contribution in [2.45, 2.75) is 32.2 Å². The van der Waals surface area contributed by atoms with E-state index in [0.717, 1.165) is 17.7 Å². The van der Waals surface area contributed by atoms with Gasteiger partial charge in [0.1, 0.15) is 6.42 Å². The van der Waals surface area contributed by atoms with E-state index in [-0.39, 0.29) is 24.3 Å². The molecular weight excluding hydrogens is 184 g/mol. The van der Waals surface area contributed by atoms with E-state index in [9.17, 15) is 14.4 Å². The van der Waals surface area contributed by atoms with Crippen molar-refractivity contribution in [1.29, 1.82) is 0 Å². The average Bonchev–Trinajstić information content (AvgIpc) is 2.88. The Bertz CT molecular complexity index is 309. The van der Waals surface area contributed by atoms with Crippen LogP contribution in [0.2, 0.25) is 0 Å². The summed E-state index contributed by atoms with van der Waals surface area (Å²) in [5.74, 6) is -0.716. The minimum Gasteiger partial charge on any atom is -0.274 e. The quantitative estimate of drug-likeness (QED) is 0.599. The molecule has 5 nitrogen and oxygen atoms in total. The van der Waals surface area contributed by atoms with Crippen LogP contribution in [-0.2, 0) is 9.59 Å². The second kappa shape index (κ2) is 3.08. The molecule has 0 aromatic carbocycles. The van der Waals surface area contributed by atoms with E-state index in [0.29, 0.717) is 6.54 Å². The van der Waals surface area contributed by atoms with Crippen LogP contribution < -0.4 is 0 Å².